The number of hydrogen-bond donors (Lipinski definition) is 1. The van der Waals surface area contributed by atoms with Crippen LogP contribution in [0.5, 0.6) is 5.75 Å². The van der Waals surface area contributed by atoms with Crippen molar-refractivity contribution in [2.24, 2.45) is 0 Å². The monoisotopic (exact) mass is 223 g/mol. The van der Waals surface area contributed by atoms with Crippen LogP contribution in [0.3, 0.4) is 0 Å². The second kappa shape index (κ2) is 3.27. The van der Waals surface area contributed by atoms with Crippen molar-refractivity contribution in [2.75, 3.05) is 5.73 Å². The summed E-state index contributed by atoms with van der Waals surface area (Å²) in [5, 5.41) is 0. The molecule has 1 aliphatic heterocycles. The fourth-order valence-electron chi connectivity index (χ4n) is 1.24. The quantitative estimate of drug-likeness (QED) is 0.414. The molecule has 7 heteroatoms. The first-order chi connectivity index (χ1) is 7.02. The van der Waals surface area contributed by atoms with Crippen LogP contribution in [0.1, 0.15) is 5.56 Å². The molecule has 0 saturated heterocycles. The van der Waals surface area contributed by atoms with Crippen LogP contribution in [0.15, 0.2) is 0 Å². The second-order valence-electron chi connectivity index (χ2n) is 2.87. The first-order valence-corrected chi connectivity index (χ1v) is 3.89. The molecule has 1 unspecified atom stereocenters. The molecule has 0 aromatic heterocycles. The number of rotatable bonds is 0. The summed E-state index contributed by atoms with van der Waals surface area (Å²) in [5.74, 6) is -5.15. The molecule has 0 fully saturated rings. The Bertz CT molecular complexity index is 424. The van der Waals surface area contributed by atoms with Gasteiger partial charge in [-0.3, -0.25) is 0 Å². The van der Waals surface area contributed by atoms with Crippen LogP contribution in [0, 0.1) is 17.5 Å². The van der Waals surface area contributed by atoms with Crippen molar-refractivity contribution in [3.05, 3.63) is 23.0 Å². The third-order valence-corrected chi connectivity index (χ3v) is 1.97. The molecule has 1 atom stereocenters. The second-order valence-corrected chi connectivity index (χ2v) is 2.87. The molecule has 0 radical (unpaired) electrons. The Kier molecular flexibility index (Phi) is 2.18. The molecular weight excluding hydrogens is 218 g/mol. The van der Waals surface area contributed by atoms with Crippen molar-refractivity contribution in [1.29, 1.82) is 0 Å². The Labute approximate surface area is 81.4 Å². The highest BCUT2D eigenvalue weighted by atomic mass is 19.2. The molecule has 2 rings (SSSR count). The van der Waals surface area contributed by atoms with Crippen LogP contribution in [0.4, 0.5) is 23.2 Å². The average Bonchev–Trinajstić information content (AvgIpc) is 2.23. The molecule has 1 heterocycles. The number of alkyl halides is 1. The fraction of sp³-hybridized carbons (Fsp3) is 0.250. The van der Waals surface area contributed by atoms with E-state index in [0.29, 0.717) is 0 Å². The number of fused-ring (bicyclic) bond motifs is 1. The van der Waals surface area contributed by atoms with E-state index < -0.39 is 47.6 Å². The van der Waals surface area contributed by atoms with E-state index >= 15 is 0 Å². The Hall–Kier alpha value is -1.50. The van der Waals surface area contributed by atoms with Gasteiger partial charge < -0.3 is 15.2 Å². The van der Waals surface area contributed by atoms with Crippen LogP contribution in [0.2, 0.25) is 0 Å². The van der Waals surface area contributed by atoms with Gasteiger partial charge in [0, 0.05) is 0 Å². The van der Waals surface area contributed by atoms with Crippen molar-refractivity contribution in [2.45, 2.75) is 13.2 Å². The molecule has 15 heavy (non-hydrogen) atoms. The Morgan fingerprint density at radius 2 is 1.80 bits per heavy atom. The molecule has 82 valence electrons. The third-order valence-electron chi connectivity index (χ3n) is 1.97. The first-order valence-electron chi connectivity index (χ1n) is 3.89. The van der Waals surface area contributed by atoms with Gasteiger partial charge in [-0.2, -0.15) is 8.78 Å². The SMILES string of the molecule is Nc1c(F)c(F)c2c(c1F)COC(F)O2. The molecular formula is C8H5F4NO2. The predicted molar refractivity (Wildman–Crippen MR) is 41.0 cm³/mol. The van der Waals surface area contributed by atoms with Crippen LogP contribution >= 0.6 is 0 Å². The Morgan fingerprint density at radius 3 is 2.47 bits per heavy atom. The molecule has 0 aliphatic carbocycles. The van der Waals surface area contributed by atoms with Crippen LogP contribution < -0.4 is 10.5 Å². The Morgan fingerprint density at radius 1 is 1.13 bits per heavy atom. The molecule has 1 aliphatic rings. The van der Waals surface area contributed by atoms with E-state index in [1.807, 2.05) is 0 Å². The molecule has 0 bridgehead atoms. The average molecular weight is 223 g/mol. The zero-order valence-corrected chi connectivity index (χ0v) is 7.19. The van der Waals surface area contributed by atoms with Gasteiger partial charge in [0.2, 0.25) is 5.82 Å². The number of halogens is 4. The van der Waals surface area contributed by atoms with E-state index in [-0.39, 0.29) is 0 Å². The normalized spacial score (nSPS) is 19.6. The lowest BCUT2D eigenvalue weighted by atomic mass is 10.1. The first kappa shape index (κ1) is 10.0. The van der Waals surface area contributed by atoms with Crippen molar-refractivity contribution >= 4 is 5.69 Å². The van der Waals surface area contributed by atoms with Crippen molar-refractivity contribution < 1.29 is 27.0 Å². The van der Waals surface area contributed by atoms with Gasteiger partial charge in [0.15, 0.2) is 17.4 Å². The van der Waals surface area contributed by atoms with Gasteiger partial charge in [0.05, 0.1) is 12.2 Å². The molecule has 1 aromatic carbocycles. The number of hydrogen-bond acceptors (Lipinski definition) is 3. The molecule has 1 aromatic rings. The zero-order chi connectivity index (χ0) is 11.2. The fourth-order valence-corrected chi connectivity index (χ4v) is 1.24. The highest BCUT2D eigenvalue weighted by molar-refractivity contribution is 5.52. The summed E-state index contributed by atoms with van der Waals surface area (Å²) in [6, 6.07) is 0. The molecule has 0 saturated carbocycles. The van der Waals surface area contributed by atoms with Gasteiger partial charge in [-0.05, 0) is 0 Å². The lowest BCUT2D eigenvalue weighted by Crippen LogP contribution is -2.23. The topological polar surface area (TPSA) is 44.5 Å². The van der Waals surface area contributed by atoms with Gasteiger partial charge in [0.1, 0.15) is 5.69 Å². The highest BCUT2D eigenvalue weighted by Crippen LogP contribution is 2.36. The molecule has 0 spiro atoms. The standard InChI is InChI=1S/C8H5F4NO2/c9-3-2-1-14-8(12)15-7(2)5(11)4(10)6(3)13/h8H,1,13H2. The van der Waals surface area contributed by atoms with Crippen molar-refractivity contribution in [3.8, 4) is 5.75 Å². The summed E-state index contributed by atoms with van der Waals surface area (Å²) in [6.45, 7) is -2.81. The van der Waals surface area contributed by atoms with Gasteiger partial charge in [0.25, 0.3) is 0 Å². The van der Waals surface area contributed by atoms with E-state index in [2.05, 4.69) is 9.47 Å². The van der Waals surface area contributed by atoms with Crippen LogP contribution in [-0.2, 0) is 11.3 Å². The molecule has 2 N–H and O–H groups in total. The maximum absolute atomic E-state index is 13.2. The Balaban J connectivity index is 2.65. The minimum atomic E-state index is -2.24. The number of ether oxygens (including phenoxy) is 2. The number of nitrogen functional groups attached to an aromatic ring is 1. The van der Waals surface area contributed by atoms with Gasteiger partial charge in [-0.1, -0.05) is 0 Å². The number of anilines is 1. The summed E-state index contributed by atoms with van der Waals surface area (Å²) in [6.07, 6.45) is 0. The van der Waals surface area contributed by atoms with Gasteiger partial charge >= 0.3 is 6.54 Å². The summed E-state index contributed by atoms with van der Waals surface area (Å²) >= 11 is 0. The lowest BCUT2D eigenvalue weighted by Gasteiger charge is -2.22. The third kappa shape index (κ3) is 1.39. The van der Waals surface area contributed by atoms with E-state index in [9.17, 15) is 17.6 Å². The van der Waals surface area contributed by atoms with Crippen molar-refractivity contribution in [3.63, 3.8) is 0 Å². The maximum atomic E-state index is 13.2. The van der Waals surface area contributed by atoms with E-state index in [1.165, 1.54) is 0 Å². The maximum Gasteiger partial charge on any atom is 0.353 e. The minimum Gasteiger partial charge on any atom is -0.434 e. The number of nitrogens with two attached hydrogens (primary N) is 1. The van der Waals surface area contributed by atoms with Crippen LogP contribution in [-0.4, -0.2) is 6.54 Å². The largest absolute Gasteiger partial charge is 0.434 e. The highest BCUT2D eigenvalue weighted by Gasteiger charge is 2.30. The molecule has 0 amide bonds. The minimum absolute atomic E-state index is 0.430. The zero-order valence-electron chi connectivity index (χ0n) is 7.19. The van der Waals surface area contributed by atoms with Crippen molar-refractivity contribution in [1.82, 2.24) is 0 Å². The lowest BCUT2D eigenvalue weighted by molar-refractivity contribution is -0.189. The van der Waals surface area contributed by atoms with E-state index in [1.54, 1.807) is 0 Å². The predicted octanol–water partition coefficient (Wildman–Crippen LogP) is 1.85. The van der Waals surface area contributed by atoms with Gasteiger partial charge in [-0.15, -0.1) is 0 Å². The summed E-state index contributed by atoms with van der Waals surface area (Å²) in [4.78, 5) is 0. The van der Waals surface area contributed by atoms with Crippen LogP contribution in [0.25, 0.3) is 0 Å². The summed E-state index contributed by atoms with van der Waals surface area (Å²) < 4.78 is 60.2. The number of benzene rings is 1. The summed E-state index contributed by atoms with van der Waals surface area (Å²) in [7, 11) is 0. The smallest absolute Gasteiger partial charge is 0.353 e. The van der Waals surface area contributed by atoms with Gasteiger partial charge in [-0.25, -0.2) is 8.78 Å². The molecule has 3 nitrogen and oxygen atoms in total. The van der Waals surface area contributed by atoms with E-state index in [4.69, 9.17) is 5.73 Å². The van der Waals surface area contributed by atoms with E-state index in [0.717, 1.165) is 0 Å². The summed E-state index contributed by atoms with van der Waals surface area (Å²) in [5.41, 5.74) is 3.54.